The first-order valence-corrected chi connectivity index (χ1v) is 6.83. The second-order valence-corrected chi connectivity index (χ2v) is 4.99. The Labute approximate surface area is 122 Å². The van der Waals surface area contributed by atoms with E-state index in [-0.39, 0.29) is 5.91 Å². The van der Waals surface area contributed by atoms with Crippen molar-refractivity contribution in [3.8, 4) is 0 Å². The molecule has 0 saturated carbocycles. The molecule has 1 saturated heterocycles. The number of piperazine rings is 1. The van der Waals surface area contributed by atoms with Gasteiger partial charge in [-0.15, -0.1) is 0 Å². The van der Waals surface area contributed by atoms with Crippen molar-refractivity contribution >= 4 is 17.4 Å². The second-order valence-electron chi connectivity index (χ2n) is 4.99. The molecule has 3 heterocycles. The lowest BCUT2D eigenvalue weighted by Gasteiger charge is -2.35. The first kappa shape index (κ1) is 13.4. The summed E-state index contributed by atoms with van der Waals surface area (Å²) < 4.78 is 4.95. The number of rotatable bonds is 2. The summed E-state index contributed by atoms with van der Waals surface area (Å²) in [5.74, 6) is 1.30. The Morgan fingerprint density at radius 1 is 1.33 bits per heavy atom. The molecule has 3 rings (SSSR count). The number of anilines is 2. The van der Waals surface area contributed by atoms with Crippen LogP contribution in [-0.4, -0.2) is 47.1 Å². The molecule has 0 aromatic carbocycles. The third kappa shape index (κ3) is 2.54. The van der Waals surface area contributed by atoms with Crippen LogP contribution < -0.4 is 10.6 Å². The first-order valence-electron chi connectivity index (χ1n) is 6.83. The van der Waals surface area contributed by atoms with E-state index in [0.29, 0.717) is 43.2 Å². The van der Waals surface area contributed by atoms with Gasteiger partial charge < -0.3 is 20.1 Å². The van der Waals surface area contributed by atoms with Crippen molar-refractivity contribution in [2.45, 2.75) is 6.92 Å². The Morgan fingerprint density at radius 2 is 2.10 bits per heavy atom. The van der Waals surface area contributed by atoms with Crippen LogP contribution in [0, 0.1) is 6.92 Å². The van der Waals surface area contributed by atoms with Crippen LogP contribution in [0.2, 0.25) is 0 Å². The molecule has 2 aromatic heterocycles. The van der Waals surface area contributed by atoms with E-state index in [0.717, 1.165) is 5.82 Å². The van der Waals surface area contributed by atoms with Crippen LogP contribution in [0.3, 0.4) is 0 Å². The third-order valence-corrected chi connectivity index (χ3v) is 3.66. The summed E-state index contributed by atoms with van der Waals surface area (Å²) in [5.41, 5.74) is 7.13. The molecule has 2 aromatic rings. The standard InChI is InChI=1S/C14H17N5O2/c1-10-11(9-17-21-10)14(20)19-7-5-18(6-8-19)13-12(15)3-2-4-16-13/h2-4,9H,5-8,15H2,1H3. The van der Waals surface area contributed by atoms with Gasteiger partial charge in [-0.2, -0.15) is 0 Å². The molecular weight excluding hydrogens is 270 g/mol. The summed E-state index contributed by atoms with van der Waals surface area (Å²) in [4.78, 5) is 20.6. The lowest BCUT2D eigenvalue weighted by atomic mass is 10.2. The lowest BCUT2D eigenvalue weighted by Crippen LogP contribution is -2.49. The number of aromatic nitrogens is 2. The number of nitrogen functional groups attached to an aromatic ring is 1. The zero-order valence-corrected chi connectivity index (χ0v) is 11.8. The Kier molecular flexibility index (Phi) is 3.47. The van der Waals surface area contributed by atoms with E-state index in [1.54, 1.807) is 18.0 Å². The Bertz CT molecular complexity index is 646. The van der Waals surface area contributed by atoms with Crippen molar-refractivity contribution in [3.63, 3.8) is 0 Å². The fourth-order valence-corrected chi connectivity index (χ4v) is 2.47. The van der Waals surface area contributed by atoms with Crippen LogP contribution in [-0.2, 0) is 0 Å². The van der Waals surface area contributed by atoms with E-state index in [9.17, 15) is 4.79 Å². The molecule has 1 aliphatic heterocycles. The van der Waals surface area contributed by atoms with Crippen molar-refractivity contribution in [1.82, 2.24) is 15.0 Å². The summed E-state index contributed by atoms with van der Waals surface area (Å²) in [6, 6.07) is 3.65. The highest BCUT2D eigenvalue weighted by atomic mass is 16.5. The third-order valence-electron chi connectivity index (χ3n) is 3.66. The predicted octanol–water partition coefficient (Wildman–Crippen LogP) is 0.923. The van der Waals surface area contributed by atoms with E-state index >= 15 is 0 Å². The lowest BCUT2D eigenvalue weighted by molar-refractivity contribution is 0.0745. The highest BCUT2D eigenvalue weighted by Crippen LogP contribution is 2.21. The molecule has 0 aliphatic carbocycles. The van der Waals surface area contributed by atoms with E-state index in [1.807, 2.05) is 12.1 Å². The molecule has 7 heteroatoms. The number of carbonyl (C=O) groups is 1. The number of aryl methyl sites for hydroxylation is 1. The summed E-state index contributed by atoms with van der Waals surface area (Å²) in [6.45, 7) is 4.40. The molecular formula is C14H17N5O2. The van der Waals surface area contributed by atoms with Crippen LogP contribution in [0.4, 0.5) is 11.5 Å². The Morgan fingerprint density at radius 3 is 2.71 bits per heavy atom. The maximum Gasteiger partial charge on any atom is 0.259 e. The minimum absolute atomic E-state index is 0.0395. The van der Waals surface area contributed by atoms with Gasteiger partial charge in [-0.1, -0.05) is 5.16 Å². The SMILES string of the molecule is Cc1oncc1C(=O)N1CCN(c2ncccc2N)CC1. The number of amides is 1. The number of hydrogen-bond acceptors (Lipinski definition) is 6. The van der Waals surface area contributed by atoms with Crippen LogP contribution in [0.15, 0.2) is 29.0 Å². The molecule has 0 unspecified atom stereocenters. The highest BCUT2D eigenvalue weighted by Gasteiger charge is 2.25. The number of nitrogens with zero attached hydrogens (tertiary/aromatic N) is 4. The van der Waals surface area contributed by atoms with Crippen LogP contribution >= 0.6 is 0 Å². The number of nitrogens with two attached hydrogens (primary N) is 1. The van der Waals surface area contributed by atoms with E-state index in [4.69, 9.17) is 10.3 Å². The van der Waals surface area contributed by atoms with Gasteiger partial charge in [-0.25, -0.2) is 4.98 Å². The maximum atomic E-state index is 12.4. The molecule has 1 fully saturated rings. The van der Waals surface area contributed by atoms with Crippen molar-refractivity contribution in [3.05, 3.63) is 35.9 Å². The van der Waals surface area contributed by atoms with Crippen molar-refractivity contribution in [2.75, 3.05) is 36.8 Å². The maximum absolute atomic E-state index is 12.4. The fraction of sp³-hybridized carbons (Fsp3) is 0.357. The van der Waals surface area contributed by atoms with Gasteiger partial charge in [-0.05, 0) is 19.1 Å². The van der Waals surface area contributed by atoms with Gasteiger partial charge in [0.15, 0.2) is 5.82 Å². The zero-order valence-electron chi connectivity index (χ0n) is 11.8. The number of pyridine rings is 1. The zero-order chi connectivity index (χ0) is 14.8. The van der Waals surface area contributed by atoms with E-state index < -0.39 is 0 Å². The van der Waals surface area contributed by atoms with Crippen LogP contribution in [0.1, 0.15) is 16.1 Å². The van der Waals surface area contributed by atoms with Gasteiger partial charge in [0.1, 0.15) is 11.3 Å². The van der Waals surface area contributed by atoms with Gasteiger partial charge in [0.05, 0.1) is 11.9 Å². The van der Waals surface area contributed by atoms with Gasteiger partial charge in [-0.3, -0.25) is 4.79 Å². The van der Waals surface area contributed by atoms with Gasteiger partial charge in [0.25, 0.3) is 5.91 Å². The quantitative estimate of drug-likeness (QED) is 0.883. The normalized spacial score (nSPS) is 15.3. The molecule has 0 radical (unpaired) electrons. The second kappa shape index (κ2) is 5.43. The van der Waals surface area contributed by atoms with Crippen molar-refractivity contribution in [2.24, 2.45) is 0 Å². The summed E-state index contributed by atoms with van der Waals surface area (Å²) in [5, 5.41) is 3.65. The molecule has 0 bridgehead atoms. The molecule has 2 N–H and O–H groups in total. The first-order chi connectivity index (χ1) is 10.2. The number of carbonyl (C=O) groups excluding carboxylic acids is 1. The molecule has 21 heavy (non-hydrogen) atoms. The van der Waals surface area contributed by atoms with Gasteiger partial charge >= 0.3 is 0 Å². The molecule has 110 valence electrons. The van der Waals surface area contributed by atoms with E-state index in [1.165, 1.54) is 6.20 Å². The number of hydrogen-bond donors (Lipinski definition) is 1. The Hall–Kier alpha value is -2.57. The molecule has 1 amide bonds. The van der Waals surface area contributed by atoms with E-state index in [2.05, 4.69) is 15.0 Å². The molecule has 7 nitrogen and oxygen atoms in total. The van der Waals surface area contributed by atoms with Crippen LogP contribution in [0.25, 0.3) is 0 Å². The van der Waals surface area contributed by atoms with Crippen molar-refractivity contribution < 1.29 is 9.32 Å². The smallest absolute Gasteiger partial charge is 0.259 e. The topological polar surface area (TPSA) is 88.5 Å². The Balaban J connectivity index is 1.67. The van der Waals surface area contributed by atoms with Gasteiger partial charge in [0.2, 0.25) is 0 Å². The minimum atomic E-state index is -0.0395. The summed E-state index contributed by atoms with van der Waals surface area (Å²) >= 11 is 0. The minimum Gasteiger partial charge on any atom is -0.396 e. The highest BCUT2D eigenvalue weighted by molar-refractivity contribution is 5.95. The average Bonchev–Trinajstić information content (AvgIpc) is 2.93. The summed E-state index contributed by atoms with van der Waals surface area (Å²) in [7, 11) is 0. The summed E-state index contributed by atoms with van der Waals surface area (Å²) in [6.07, 6.45) is 3.20. The largest absolute Gasteiger partial charge is 0.396 e. The van der Waals surface area contributed by atoms with Crippen molar-refractivity contribution in [1.29, 1.82) is 0 Å². The van der Waals surface area contributed by atoms with Crippen LogP contribution in [0.5, 0.6) is 0 Å². The fourth-order valence-electron chi connectivity index (χ4n) is 2.47. The average molecular weight is 287 g/mol. The molecule has 0 spiro atoms. The molecule has 0 atom stereocenters. The predicted molar refractivity (Wildman–Crippen MR) is 78.0 cm³/mol. The van der Waals surface area contributed by atoms with Gasteiger partial charge in [0, 0.05) is 32.4 Å². The monoisotopic (exact) mass is 287 g/mol. The molecule has 1 aliphatic rings.